The fourth-order valence-electron chi connectivity index (χ4n) is 0.933. The van der Waals surface area contributed by atoms with Crippen LogP contribution < -0.4 is 0 Å². The van der Waals surface area contributed by atoms with Gasteiger partial charge in [0.05, 0.1) is 17.1 Å². The van der Waals surface area contributed by atoms with Gasteiger partial charge in [0.15, 0.2) is 0 Å². The van der Waals surface area contributed by atoms with Gasteiger partial charge in [0.2, 0.25) is 0 Å². The fourth-order valence-corrected chi connectivity index (χ4v) is 1.18. The van der Waals surface area contributed by atoms with Crippen molar-refractivity contribution in [3.8, 4) is 0 Å². The van der Waals surface area contributed by atoms with E-state index < -0.39 is 15.9 Å². The van der Waals surface area contributed by atoms with Gasteiger partial charge in [-0.3, -0.25) is 14.3 Å². The zero-order valence-corrected chi connectivity index (χ0v) is 7.85. The fraction of sp³-hybridized carbons (Fsp3) is 0.143. The molecule has 0 atom stereocenters. The number of nitro benzene ring substituents is 1. The van der Waals surface area contributed by atoms with Gasteiger partial charge < -0.3 is 0 Å². The van der Waals surface area contributed by atoms with E-state index in [-0.39, 0.29) is 17.9 Å². The minimum Gasteiger partial charge on any atom is -0.267 e. The van der Waals surface area contributed by atoms with Crippen molar-refractivity contribution in [1.82, 2.24) is 0 Å². The topological polar surface area (TPSA) is 86.5 Å². The summed E-state index contributed by atoms with van der Waals surface area (Å²) in [5, 5.41) is 10.5. The molecule has 0 fully saturated rings. The molecule has 0 aromatic heterocycles. The molecule has 0 bridgehead atoms. The maximum Gasteiger partial charge on any atom is 0.274 e. The van der Waals surface area contributed by atoms with Crippen molar-refractivity contribution in [2.75, 3.05) is 0 Å². The van der Waals surface area contributed by atoms with Gasteiger partial charge >= 0.3 is 0 Å². The Morgan fingerprint density at radius 3 is 2.57 bits per heavy atom. The van der Waals surface area contributed by atoms with Crippen LogP contribution in [0.25, 0.3) is 0 Å². The normalized spacial score (nSPS) is 10.4. The summed E-state index contributed by atoms with van der Waals surface area (Å²) in [6.07, 6.45) is 0. The van der Waals surface area contributed by atoms with E-state index in [4.69, 9.17) is 0 Å². The molecular weight excluding hydrogens is 210 g/mol. The van der Waals surface area contributed by atoms with Gasteiger partial charge in [-0.2, -0.15) is 0 Å². The van der Waals surface area contributed by atoms with Gasteiger partial charge in [0, 0.05) is 6.07 Å². The third-order valence-corrected chi connectivity index (χ3v) is 1.85. The molecule has 0 saturated heterocycles. The Bertz CT molecular complexity index is 406. The molecule has 0 unspecified atom stereocenters. The number of benzene rings is 1. The predicted molar refractivity (Wildman–Crippen MR) is 48.2 cm³/mol. The van der Waals surface area contributed by atoms with Crippen LogP contribution in [0, 0.1) is 10.1 Å². The second-order valence-electron chi connectivity index (χ2n) is 2.38. The maximum atomic E-state index is 10.5. The lowest BCUT2D eigenvalue weighted by molar-refractivity contribution is -0.385. The largest absolute Gasteiger partial charge is 0.274 e. The lowest BCUT2D eigenvalue weighted by atomic mass is 10.2. The zero-order valence-electron chi connectivity index (χ0n) is 6.95. The monoisotopic (exact) mass is 217 g/mol. The maximum absolute atomic E-state index is 10.5. The molecule has 6 nitrogen and oxygen atoms in total. The minimum atomic E-state index is -2.98. The number of thiol groups is 1. The van der Waals surface area contributed by atoms with Crippen LogP contribution in [-0.2, 0) is 21.8 Å². The van der Waals surface area contributed by atoms with Gasteiger partial charge in [-0.15, -0.1) is 0 Å². The van der Waals surface area contributed by atoms with E-state index in [0.717, 1.165) is 0 Å². The molecule has 0 N–H and O–H groups in total. The number of para-hydroxylation sites is 1. The highest BCUT2D eigenvalue weighted by molar-refractivity contribution is 7.67. The Hall–Kier alpha value is -1.47. The van der Waals surface area contributed by atoms with Gasteiger partial charge in [-0.05, 0) is 6.07 Å². The molecule has 0 saturated carbocycles. The first-order valence-electron chi connectivity index (χ1n) is 3.61. The standard InChI is InChI=1S/C7H7NO5S/c9-8(10)7-4-2-1-3-6(7)5-13-14(11)12/h1-4,14H,5H2. The van der Waals surface area contributed by atoms with Crippen molar-refractivity contribution in [2.24, 2.45) is 0 Å². The molecule has 1 aromatic carbocycles. The quantitative estimate of drug-likeness (QED) is 0.454. The summed E-state index contributed by atoms with van der Waals surface area (Å²) in [7, 11) is -2.98. The van der Waals surface area contributed by atoms with Gasteiger partial charge in [0.1, 0.15) is 0 Å². The summed E-state index contributed by atoms with van der Waals surface area (Å²) in [5.74, 6) is 0. The molecule has 0 spiro atoms. The highest BCUT2D eigenvalue weighted by atomic mass is 32.2. The first kappa shape index (κ1) is 10.6. The molecule has 1 aromatic rings. The van der Waals surface area contributed by atoms with Gasteiger partial charge in [-0.25, -0.2) is 8.42 Å². The van der Waals surface area contributed by atoms with Crippen molar-refractivity contribution in [1.29, 1.82) is 0 Å². The molecule has 0 amide bonds. The van der Waals surface area contributed by atoms with Crippen molar-refractivity contribution >= 4 is 16.7 Å². The van der Waals surface area contributed by atoms with Crippen LogP contribution >= 0.6 is 0 Å². The van der Waals surface area contributed by atoms with Crippen molar-refractivity contribution in [3.05, 3.63) is 39.9 Å². The first-order chi connectivity index (χ1) is 6.61. The second kappa shape index (κ2) is 4.68. The molecule has 0 aliphatic rings. The smallest absolute Gasteiger partial charge is 0.267 e. The predicted octanol–water partition coefficient (Wildman–Crippen LogP) is 0.638. The van der Waals surface area contributed by atoms with Crippen LogP contribution in [0.2, 0.25) is 0 Å². The SMILES string of the molecule is O=[N+]([O-])c1ccccc1CO[SH](=O)=O. The second-order valence-corrected chi connectivity index (χ2v) is 3.09. The highest BCUT2D eigenvalue weighted by Crippen LogP contribution is 2.18. The molecule has 76 valence electrons. The van der Waals surface area contributed by atoms with E-state index in [1.807, 2.05) is 0 Å². The highest BCUT2D eigenvalue weighted by Gasteiger charge is 2.11. The molecule has 0 aliphatic carbocycles. The van der Waals surface area contributed by atoms with E-state index in [9.17, 15) is 18.5 Å². The Balaban J connectivity index is 2.90. The van der Waals surface area contributed by atoms with E-state index in [0.29, 0.717) is 0 Å². The summed E-state index contributed by atoms with van der Waals surface area (Å²) < 4.78 is 24.5. The van der Waals surface area contributed by atoms with E-state index in [2.05, 4.69) is 4.18 Å². The van der Waals surface area contributed by atoms with Crippen LogP contribution in [0.5, 0.6) is 0 Å². The number of nitro groups is 1. The summed E-state index contributed by atoms with van der Waals surface area (Å²) in [5.41, 5.74) is 0.0843. The van der Waals surface area contributed by atoms with Crippen LogP contribution in [-0.4, -0.2) is 13.3 Å². The van der Waals surface area contributed by atoms with Crippen molar-refractivity contribution in [3.63, 3.8) is 0 Å². The Kier molecular flexibility index (Phi) is 3.55. The summed E-state index contributed by atoms with van der Waals surface area (Å²) in [6.45, 7) is -0.310. The first-order valence-corrected chi connectivity index (χ1v) is 4.70. The average Bonchev–Trinajstić information content (AvgIpc) is 2.15. The van der Waals surface area contributed by atoms with E-state index in [1.54, 1.807) is 6.07 Å². The third-order valence-electron chi connectivity index (χ3n) is 1.51. The van der Waals surface area contributed by atoms with Crippen LogP contribution in [0.1, 0.15) is 5.56 Å². The summed E-state index contributed by atoms with van der Waals surface area (Å²) >= 11 is 0. The Morgan fingerprint density at radius 2 is 2.00 bits per heavy atom. The lowest BCUT2D eigenvalue weighted by Gasteiger charge is -1.99. The van der Waals surface area contributed by atoms with E-state index >= 15 is 0 Å². The summed E-state index contributed by atoms with van der Waals surface area (Å²) in [6, 6.07) is 5.80. The van der Waals surface area contributed by atoms with Crippen molar-refractivity contribution in [2.45, 2.75) is 6.61 Å². The molecular formula is C7H7NO5S. The molecule has 0 heterocycles. The number of nitrogens with zero attached hydrogens (tertiary/aromatic N) is 1. The Morgan fingerprint density at radius 1 is 1.36 bits per heavy atom. The van der Waals surface area contributed by atoms with E-state index in [1.165, 1.54) is 18.2 Å². The molecule has 7 heteroatoms. The zero-order chi connectivity index (χ0) is 10.6. The molecule has 0 aliphatic heterocycles. The summed E-state index contributed by atoms with van der Waals surface area (Å²) in [4.78, 5) is 9.88. The van der Waals surface area contributed by atoms with Gasteiger partial charge in [0.25, 0.3) is 16.7 Å². The Labute approximate surface area is 81.4 Å². The number of rotatable bonds is 4. The lowest BCUT2D eigenvalue weighted by Crippen LogP contribution is -1.97. The average molecular weight is 217 g/mol. The van der Waals surface area contributed by atoms with Crippen LogP contribution in [0.4, 0.5) is 5.69 Å². The van der Waals surface area contributed by atoms with Crippen LogP contribution in [0.15, 0.2) is 24.3 Å². The molecule has 1 rings (SSSR count). The minimum absolute atomic E-state index is 0.149. The molecule has 14 heavy (non-hydrogen) atoms. The number of hydrogen-bond donors (Lipinski definition) is 1. The number of hydrogen-bond acceptors (Lipinski definition) is 5. The van der Waals surface area contributed by atoms with Crippen LogP contribution in [0.3, 0.4) is 0 Å². The van der Waals surface area contributed by atoms with Gasteiger partial charge in [-0.1, -0.05) is 12.1 Å². The molecule has 0 radical (unpaired) electrons. The third kappa shape index (κ3) is 2.79. The van der Waals surface area contributed by atoms with Crippen molar-refractivity contribution < 1.29 is 17.5 Å².